The second-order valence-electron chi connectivity index (χ2n) is 5.40. The molecule has 1 atom stereocenters. The largest absolute Gasteiger partial charge is 0.385 e. The third kappa shape index (κ3) is 3.12. The molecule has 2 aromatic rings. The minimum absolute atomic E-state index is 0.603. The number of β-amino-alcohol motifs (C(OH)–C–C–N with tert-alkyl or cyclic N) is 1. The minimum Gasteiger partial charge on any atom is -0.385 e. The number of pyridine rings is 1. The van der Waals surface area contributed by atoms with Crippen molar-refractivity contribution >= 4 is 0 Å². The van der Waals surface area contributed by atoms with Crippen LogP contribution in [0.4, 0.5) is 0 Å². The van der Waals surface area contributed by atoms with Gasteiger partial charge < -0.3 is 15.4 Å². The Balaban J connectivity index is 1.80. The number of aromatic amines is 1. The Morgan fingerprint density at radius 1 is 1.33 bits per heavy atom. The van der Waals surface area contributed by atoms with Gasteiger partial charge in [0.25, 0.3) is 0 Å². The Labute approximate surface area is 124 Å². The standard InChI is InChI=1S/C15H21N5O/c1-11-3-2-4-17-13(11)15-14(18-10-19-15)12(21)9-20-7-5-16-6-8-20/h2-4,10,12,16,21H,5-9H2,1H3,(H,18,19). The number of imidazole rings is 1. The van der Waals surface area contributed by atoms with Gasteiger partial charge in [0.15, 0.2) is 0 Å². The summed E-state index contributed by atoms with van der Waals surface area (Å²) in [4.78, 5) is 14.1. The monoisotopic (exact) mass is 287 g/mol. The van der Waals surface area contributed by atoms with Crippen molar-refractivity contribution in [2.75, 3.05) is 32.7 Å². The van der Waals surface area contributed by atoms with Crippen LogP contribution in [0.25, 0.3) is 11.4 Å². The van der Waals surface area contributed by atoms with E-state index in [0.29, 0.717) is 12.2 Å². The Bertz CT molecular complexity index is 591. The van der Waals surface area contributed by atoms with Gasteiger partial charge in [-0.3, -0.25) is 9.88 Å². The van der Waals surface area contributed by atoms with Gasteiger partial charge in [-0.15, -0.1) is 0 Å². The van der Waals surface area contributed by atoms with Gasteiger partial charge in [0, 0.05) is 38.9 Å². The lowest BCUT2D eigenvalue weighted by atomic mass is 10.1. The molecule has 1 fully saturated rings. The molecule has 2 aromatic heterocycles. The number of aliphatic hydroxyl groups excluding tert-OH is 1. The molecule has 1 aliphatic rings. The summed E-state index contributed by atoms with van der Waals surface area (Å²) in [6.07, 6.45) is 2.78. The van der Waals surface area contributed by atoms with Gasteiger partial charge in [-0.1, -0.05) is 6.07 Å². The number of aryl methyl sites for hydroxylation is 1. The van der Waals surface area contributed by atoms with Crippen molar-refractivity contribution in [2.24, 2.45) is 0 Å². The lowest BCUT2D eigenvalue weighted by molar-refractivity contribution is 0.103. The SMILES string of the molecule is Cc1cccnc1-c1[nH]cnc1C(O)CN1CCNCC1. The maximum Gasteiger partial charge on any atom is 0.111 e. The molecule has 0 spiro atoms. The summed E-state index contributed by atoms with van der Waals surface area (Å²) in [7, 11) is 0. The fraction of sp³-hybridized carbons (Fsp3) is 0.467. The van der Waals surface area contributed by atoms with Gasteiger partial charge >= 0.3 is 0 Å². The molecular weight excluding hydrogens is 266 g/mol. The van der Waals surface area contributed by atoms with E-state index in [2.05, 4.69) is 25.2 Å². The van der Waals surface area contributed by atoms with Crippen LogP contribution in [0.3, 0.4) is 0 Å². The molecule has 1 unspecified atom stereocenters. The number of H-pyrrole nitrogens is 1. The number of hydrogen-bond acceptors (Lipinski definition) is 5. The van der Waals surface area contributed by atoms with Crippen LogP contribution >= 0.6 is 0 Å². The molecule has 0 saturated carbocycles. The van der Waals surface area contributed by atoms with Crippen molar-refractivity contribution in [1.82, 2.24) is 25.2 Å². The van der Waals surface area contributed by atoms with Crippen molar-refractivity contribution in [2.45, 2.75) is 13.0 Å². The lowest BCUT2D eigenvalue weighted by Crippen LogP contribution is -2.45. The minimum atomic E-state index is -0.606. The van der Waals surface area contributed by atoms with Crippen molar-refractivity contribution < 1.29 is 5.11 Å². The van der Waals surface area contributed by atoms with Crippen LogP contribution in [-0.4, -0.2) is 57.7 Å². The van der Waals surface area contributed by atoms with Gasteiger partial charge in [0.1, 0.15) is 6.10 Å². The Hall–Kier alpha value is -1.76. The van der Waals surface area contributed by atoms with Crippen molar-refractivity contribution in [3.8, 4) is 11.4 Å². The highest BCUT2D eigenvalue weighted by molar-refractivity contribution is 5.61. The van der Waals surface area contributed by atoms with E-state index in [9.17, 15) is 5.11 Å². The summed E-state index contributed by atoms with van der Waals surface area (Å²) in [5.74, 6) is 0. The first-order chi connectivity index (χ1) is 10.3. The van der Waals surface area contributed by atoms with E-state index in [-0.39, 0.29) is 0 Å². The number of aromatic nitrogens is 3. The molecule has 3 N–H and O–H groups in total. The fourth-order valence-electron chi connectivity index (χ4n) is 2.72. The number of aliphatic hydroxyl groups is 1. The summed E-state index contributed by atoms with van der Waals surface area (Å²) in [6.45, 7) is 6.47. The normalized spacial score (nSPS) is 17.8. The van der Waals surface area contributed by atoms with Gasteiger partial charge in [-0.2, -0.15) is 0 Å². The molecule has 112 valence electrons. The maximum atomic E-state index is 10.5. The molecule has 0 bridgehead atoms. The Morgan fingerprint density at radius 2 is 2.14 bits per heavy atom. The van der Waals surface area contributed by atoms with E-state index in [1.807, 2.05) is 19.1 Å². The topological polar surface area (TPSA) is 77.1 Å². The highest BCUT2D eigenvalue weighted by atomic mass is 16.3. The molecule has 0 radical (unpaired) electrons. The molecule has 0 aliphatic carbocycles. The highest BCUT2D eigenvalue weighted by Crippen LogP contribution is 2.26. The first-order valence-corrected chi connectivity index (χ1v) is 7.32. The molecule has 0 amide bonds. The van der Waals surface area contributed by atoms with Crippen molar-refractivity contribution in [1.29, 1.82) is 0 Å². The fourth-order valence-corrected chi connectivity index (χ4v) is 2.72. The quantitative estimate of drug-likeness (QED) is 0.772. The molecule has 6 nitrogen and oxygen atoms in total. The van der Waals surface area contributed by atoms with Crippen LogP contribution in [0.15, 0.2) is 24.7 Å². The molecule has 1 aliphatic heterocycles. The number of piperazine rings is 1. The summed E-state index contributed by atoms with van der Waals surface area (Å²) in [6, 6.07) is 3.92. The predicted octanol–water partition coefficient (Wildman–Crippen LogP) is 0.719. The number of nitrogens with zero attached hydrogens (tertiary/aromatic N) is 3. The Kier molecular flexibility index (Phi) is 4.28. The van der Waals surface area contributed by atoms with Crippen LogP contribution in [0.5, 0.6) is 0 Å². The van der Waals surface area contributed by atoms with E-state index in [0.717, 1.165) is 43.1 Å². The van der Waals surface area contributed by atoms with E-state index in [1.54, 1.807) is 12.5 Å². The molecule has 3 rings (SSSR count). The average Bonchev–Trinajstić information content (AvgIpc) is 2.98. The predicted molar refractivity (Wildman–Crippen MR) is 80.8 cm³/mol. The van der Waals surface area contributed by atoms with Crippen LogP contribution in [0, 0.1) is 6.92 Å². The molecule has 3 heterocycles. The third-order valence-electron chi connectivity index (χ3n) is 3.87. The zero-order valence-corrected chi connectivity index (χ0v) is 12.2. The van der Waals surface area contributed by atoms with Crippen LogP contribution in [0.1, 0.15) is 17.4 Å². The average molecular weight is 287 g/mol. The van der Waals surface area contributed by atoms with E-state index >= 15 is 0 Å². The van der Waals surface area contributed by atoms with Gasteiger partial charge in [0.2, 0.25) is 0 Å². The highest BCUT2D eigenvalue weighted by Gasteiger charge is 2.21. The van der Waals surface area contributed by atoms with E-state index < -0.39 is 6.10 Å². The smallest absolute Gasteiger partial charge is 0.111 e. The maximum absolute atomic E-state index is 10.5. The van der Waals surface area contributed by atoms with Crippen LogP contribution in [-0.2, 0) is 0 Å². The van der Waals surface area contributed by atoms with Gasteiger partial charge in [-0.05, 0) is 18.6 Å². The zero-order chi connectivity index (χ0) is 14.7. The van der Waals surface area contributed by atoms with E-state index in [4.69, 9.17) is 0 Å². The summed E-state index contributed by atoms with van der Waals surface area (Å²) in [5.41, 5.74) is 3.41. The van der Waals surface area contributed by atoms with Gasteiger partial charge in [-0.25, -0.2) is 4.98 Å². The number of rotatable bonds is 4. The molecule has 1 saturated heterocycles. The first kappa shape index (κ1) is 14.2. The summed E-state index contributed by atoms with van der Waals surface area (Å²) < 4.78 is 0. The molecular formula is C15H21N5O. The first-order valence-electron chi connectivity index (χ1n) is 7.32. The number of nitrogens with one attached hydrogen (secondary N) is 2. The van der Waals surface area contributed by atoms with Crippen molar-refractivity contribution in [3.63, 3.8) is 0 Å². The Morgan fingerprint density at radius 3 is 2.90 bits per heavy atom. The molecule has 0 aromatic carbocycles. The molecule has 6 heteroatoms. The second-order valence-corrected chi connectivity index (χ2v) is 5.40. The zero-order valence-electron chi connectivity index (χ0n) is 12.2. The van der Waals surface area contributed by atoms with Crippen LogP contribution < -0.4 is 5.32 Å². The summed E-state index contributed by atoms with van der Waals surface area (Å²) in [5, 5.41) is 13.8. The molecule has 21 heavy (non-hydrogen) atoms. The van der Waals surface area contributed by atoms with Crippen LogP contribution in [0.2, 0.25) is 0 Å². The van der Waals surface area contributed by atoms with E-state index in [1.165, 1.54) is 0 Å². The third-order valence-corrected chi connectivity index (χ3v) is 3.87. The van der Waals surface area contributed by atoms with Gasteiger partial charge in [0.05, 0.1) is 23.4 Å². The second kappa shape index (κ2) is 6.34. The number of hydrogen-bond donors (Lipinski definition) is 3. The van der Waals surface area contributed by atoms with Crippen molar-refractivity contribution in [3.05, 3.63) is 35.9 Å². The summed E-state index contributed by atoms with van der Waals surface area (Å²) >= 11 is 0. The lowest BCUT2D eigenvalue weighted by Gasteiger charge is -2.28.